The third kappa shape index (κ3) is 3.00. The molecule has 0 saturated carbocycles. The first-order chi connectivity index (χ1) is 10.3. The molecule has 0 radical (unpaired) electrons. The molecule has 3 aromatic carbocycles. The van der Waals surface area contributed by atoms with Crippen LogP contribution in [0.3, 0.4) is 0 Å². The highest BCUT2D eigenvalue weighted by Gasteiger charge is 2.04. The molecule has 0 N–H and O–H groups in total. The smallest absolute Gasteiger partial charge is 0.00256 e. The van der Waals surface area contributed by atoms with Crippen molar-refractivity contribution in [1.29, 1.82) is 0 Å². The molecular formula is C21H22. The maximum atomic E-state index is 2.38. The fourth-order valence-corrected chi connectivity index (χ4v) is 3.04. The Hall–Kier alpha value is -2.08. The molecule has 0 aromatic heterocycles. The average Bonchev–Trinajstić information content (AvgIpc) is 2.54. The summed E-state index contributed by atoms with van der Waals surface area (Å²) in [7, 11) is 0. The zero-order valence-corrected chi connectivity index (χ0v) is 12.9. The molecule has 0 aliphatic carbocycles. The summed E-state index contributed by atoms with van der Waals surface area (Å²) in [6.45, 7) is 4.48. The van der Waals surface area contributed by atoms with Crippen LogP contribution in [-0.4, -0.2) is 0 Å². The van der Waals surface area contributed by atoms with Crippen LogP contribution < -0.4 is 0 Å². The van der Waals surface area contributed by atoms with Crippen LogP contribution in [0.25, 0.3) is 10.8 Å². The van der Waals surface area contributed by atoms with Crippen LogP contribution in [0.4, 0.5) is 0 Å². The highest BCUT2D eigenvalue weighted by atomic mass is 14.1. The Balaban J connectivity index is 1.99. The van der Waals surface area contributed by atoms with E-state index < -0.39 is 0 Å². The molecule has 0 heteroatoms. The van der Waals surface area contributed by atoms with Crippen LogP contribution in [0.5, 0.6) is 0 Å². The zero-order chi connectivity index (χ0) is 14.7. The van der Waals surface area contributed by atoms with Crippen molar-refractivity contribution >= 4 is 10.8 Å². The van der Waals surface area contributed by atoms with Gasteiger partial charge in [-0.05, 0) is 52.3 Å². The second-order valence-electron chi connectivity index (χ2n) is 5.67. The van der Waals surface area contributed by atoms with E-state index in [0.717, 1.165) is 19.3 Å². The van der Waals surface area contributed by atoms with Crippen molar-refractivity contribution < 1.29 is 0 Å². The van der Waals surface area contributed by atoms with Gasteiger partial charge in [-0.15, -0.1) is 0 Å². The van der Waals surface area contributed by atoms with Gasteiger partial charge < -0.3 is 0 Å². The fourth-order valence-electron chi connectivity index (χ4n) is 3.04. The van der Waals surface area contributed by atoms with Gasteiger partial charge >= 0.3 is 0 Å². The summed E-state index contributed by atoms with van der Waals surface area (Å²) in [6.07, 6.45) is 3.24. The Morgan fingerprint density at radius 1 is 0.619 bits per heavy atom. The van der Waals surface area contributed by atoms with Crippen molar-refractivity contribution in [2.24, 2.45) is 0 Å². The maximum Gasteiger partial charge on any atom is -0.00256 e. The number of aryl methyl sites for hydroxylation is 2. The van der Waals surface area contributed by atoms with Crippen molar-refractivity contribution in [2.75, 3.05) is 0 Å². The molecule has 21 heavy (non-hydrogen) atoms. The van der Waals surface area contributed by atoms with Gasteiger partial charge in [-0.25, -0.2) is 0 Å². The number of rotatable bonds is 4. The summed E-state index contributed by atoms with van der Waals surface area (Å²) in [5.74, 6) is 0. The number of benzene rings is 3. The third-order valence-electron chi connectivity index (χ3n) is 4.24. The van der Waals surface area contributed by atoms with Crippen molar-refractivity contribution in [3.05, 3.63) is 82.9 Å². The van der Waals surface area contributed by atoms with E-state index >= 15 is 0 Å². The summed E-state index contributed by atoms with van der Waals surface area (Å²) < 4.78 is 0. The van der Waals surface area contributed by atoms with Crippen molar-refractivity contribution in [2.45, 2.75) is 33.1 Å². The second-order valence-corrected chi connectivity index (χ2v) is 5.67. The highest BCUT2D eigenvalue weighted by molar-refractivity contribution is 5.85. The molecule has 0 unspecified atom stereocenters. The Bertz CT molecular complexity index is 739. The standard InChI is InChI=1S/C21H22/c1-3-18-14-20-11-10-17(12-16-8-6-5-7-9-16)13-21(20)15-19(18)4-2/h5-11,13-15H,3-4,12H2,1-2H3. The lowest BCUT2D eigenvalue weighted by Gasteiger charge is -2.10. The normalized spacial score (nSPS) is 11.0. The lowest BCUT2D eigenvalue weighted by molar-refractivity contribution is 1.04. The first-order valence-electron chi connectivity index (χ1n) is 7.88. The predicted molar refractivity (Wildman–Crippen MR) is 92.0 cm³/mol. The van der Waals surface area contributed by atoms with E-state index in [-0.39, 0.29) is 0 Å². The molecular weight excluding hydrogens is 252 g/mol. The quantitative estimate of drug-likeness (QED) is 0.584. The zero-order valence-electron chi connectivity index (χ0n) is 12.9. The molecule has 0 atom stereocenters. The summed E-state index contributed by atoms with van der Waals surface area (Å²) in [6, 6.07) is 22.3. The Morgan fingerprint density at radius 2 is 1.29 bits per heavy atom. The van der Waals surface area contributed by atoms with Crippen LogP contribution in [0.15, 0.2) is 60.7 Å². The van der Waals surface area contributed by atoms with Crippen molar-refractivity contribution in [1.82, 2.24) is 0 Å². The molecule has 0 saturated heterocycles. The number of fused-ring (bicyclic) bond motifs is 1. The minimum absolute atomic E-state index is 1.01. The minimum Gasteiger partial charge on any atom is -0.0622 e. The summed E-state index contributed by atoms with van der Waals surface area (Å²) in [5.41, 5.74) is 5.74. The molecule has 3 rings (SSSR count). The fraction of sp³-hybridized carbons (Fsp3) is 0.238. The molecule has 0 aliphatic rings. The van der Waals surface area contributed by atoms with E-state index in [1.165, 1.54) is 33.0 Å². The van der Waals surface area contributed by atoms with E-state index in [1.807, 2.05) is 0 Å². The van der Waals surface area contributed by atoms with Gasteiger partial charge in [0.15, 0.2) is 0 Å². The van der Waals surface area contributed by atoms with Gasteiger partial charge in [0.2, 0.25) is 0 Å². The first kappa shape index (κ1) is 13.9. The van der Waals surface area contributed by atoms with Gasteiger partial charge in [-0.3, -0.25) is 0 Å². The average molecular weight is 274 g/mol. The Labute approximate surface area is 127 Å². The molecule has 0 heterocycles. The van der Waals surface area contributed by atoms with E-state index in [9.17, 15) is 0 Å². The van der Waals surface area contributed by atoms with Crippen molar-refractivity contribution in [3.8, 4) is 0 Å². The minimum atomic E-state index is 1.01. The van der Waals surface area contributed by atoms with E-state index in [0.29, 0.717) is 0 Å². The largest absolute Gasteiger partial charge is 0.0622 e. The van der Waals surface area contributed by atoms with Crippen LogP contribution in [0.2, 0.25) is 0 Å². The molecule has 0 aliphatic heterocycles. The topological polar surface area (TPSA) is 0 Å². The van der Waals surface area contributed by atoms with Crippen LogP contribution in [0, 0.1) is 0 Å². The number of hydrogen-bond donors (Lipinski definition) is 0. The first-order valence-corrected chi connectivity index (χ1v) is 7.88. The Kier molecular flexibility index (Phi) is 4.06. The molecule has 0 amide bonds. The lowest BCUT2D eigenvalue weighted by Crippen LogP contribution is -1.93. The van der Waals surface area contributed by atoms with E-state index in [2.05, 4.69) is 74.5 Å². The van der Waals surface area contributed by atoms with E-state index in [1.54, 1.807) is 0 Å². The molecule has 0 fully saturated rings. The Morgan fingerprint density at radius 3 is 1.95 bits per heavy atom. The number of hydrogen-bond acceptors (Lipinski definition) is 0. The second kappa shape index (κ2) is 6.13. The highest BCUT2D eigenvalue weighted by Crippen LogP contribution is 2.23. The van der Waals surface area contributed by atoms with Crippen LogP contribution in [0.1, 0.15) is 36.1 Å². The summed E-state index contributed by atoms with van der Waals surface area (Å²) in [5, 5.41) is 2.73. The third-order valence-corrected chi connectivity index (χ3v) is 4.24. The van der Waals surface area contributed by atoms with Gasteiger partial charge in [0.05, 0.1) is 0 Å². The van der Waals surface area contributed by atoms with Crippen LogP contribution in [-0.2, 0) is 19.3 Å². The molecule has 0 spiro atoms. The van der Waals surface area contributed by atoms with Gasteiger partial charge in [-0.1, -0.05) is 74.5 Å². The van der Waals surface area contributed by atoms with E-state index in [4.69, 9.17) is 0 Å². The van der Waals surface area contributed by atoms with Gasteiger partial charge in [0, 0.05) is 0 Å². The molecule has 3 aromatic rings. The maximum absolute atomic E-state index is 2.38. The van der Waals surface area contributed by atoms with Crippen LogP contribution >= 0.6 is 0 Å². The molecule has 0 bridgehead atoms. The molecule has 106 valence electrons. The van der Waals surface area contributed by atoms with Gasteiger partial charge in [0.1, 0.15) is 0 Å². The predicted octanol–water partition coefficient (Wildman–Crippen LogP) is 5.56. The molecule has 0 nitrogen and oxygen atoms in total. The lowest BCUT2D eigenvalue weighted by atomic mass is 9.95. The summed E-state index contributed by atoms with van der Waals surface area (Å²) >= 11 is 0. The van der Waals surface area contributed by atoms with Crippen molar-refractivity contribution in [3.63, 3.8) is 0 Å². The van der Waals surface area contributed by atoms with Gasteiger partial charge in [0.25, 0.3) is 0 Å². The monoisotopic (exact) mass is 274 g/mol. The SMILES string of the molecule is CCc1cc2ccc(Cc3ccccc3)cc2cc1CC. The van der Waals surface area contributed by atoms with Gasteiger partial charge in [-0.2, -0.15) is 0 Å². The summed E-state index contributed by atoms with van der Waals surface area (Å²) in [4.78, 5) is 0.